The molecule has 0 radical (unpaired) electrons. The summed E-state index contributed by atoms with van der Waals surface area (Å²) < 4.78 is 12.0. The highest BCUT2D eigenvalue weighted by Crippen LogP contribution is 2.49. The van der Waals surface area contributed by atoms with E-state index in [1.165, 1.54) is 4.90 Å². The first-order chi connectivity index (χ1) is 10.8. The Hall–Kier alpha value is -1.60. The third-order valence-corrected chi connectivity index (χ3v) is 4.65. The van der Waals surface area contributed by atoms with Crippen LogP contribution in [0.1, 0.15) is 25.8 Å². The zero-order valence-corrected chi connectivity index (χ0v) is 15.0. The second-order valence-electron chi connectivity index (χ2n) is 6.46. The van der Waals surface area contributed by atoms with Crippen molar-refractivity contribution in [2.75, 3.05) is 20.3 Å². The molecule has 1 amide bonds. The average molecular weight is 382 g/mol. The number of nitrogens with two attached hydrogens (primary N) is 1. The van der Waals surface area contributed by atoms with Crippen molar-refractivity contribution >= 4 is 27.8 Å². The molecule has 0 aliphatic carbocycles. The Bertz CT molecular complexity index is 689. The van der Waals surface area contributed by atoms with Crippen LogP contribution in [0, 0.1) is 0 Å². The van der Waals surface area contributed by atoms with E-state index in [0.29, 0.717) is 25.3 Å². The molecule has 23 heavy (non-hydrogen) atoms. The van der Waals surface area contributed by atoms with E-state index in [-0.39, 0.29) is 11.9 Å². The average Bonchev–Trinajstić information content (AvgIpc) is 2.69. The third kappa shape index (κ3) is 2.61. The number of fused-ring (bicyclic) bond motifs is 2. The summed E-state index contributed by atoms with van der Waals surface area (Å²) in [5, 5.41) is 0. The molecule has 124 valence electrons. The van der Waals surface area contributed by atoms with Crippen LogP contribution in [0.15, 0.2) is 27.7 Å². The molecule has 1 spiro atoms. The van der Waals surface area contributed by atoms with Gasteiger partial charge in [0, 0.05) is 23.6 Å². The summed E-state index contributed by atoms with van der Waals surface area (Å²) in [4.78, 5) is 19.2. The van der Waals surface area contributed by atoms with Gasteiger partial charge in [-0.3, -0.25) is 9.69 Å². The van der Waals surface area contributed by atoms with E-state index < -0.39 is 11.1 Å². The molecule has 0 bridgehead atoms. The molecule has 1 unspecified atom stereocenters. The van der Waals surface area contributed by atoms with Crippen LogP contribution in [0.2, 0.25) is 0 Å². The largest absolute Gasteiger partial charge is 0.487 e. The number of hydrogen-bond donors (Lipinski definition) is 1. The van der Waals surface area contributed by atoms with Gasteiger partial charge in [-0.2, -0.15) is 0 Å². The number of guanidine groups is 1. The van der Waals surface area contributed by atoms with E-state index >= 15 is 0 Å². The van der Waals surface area contributed by atoms with Gasteiger partial charge in [0.05, 0.1) is 13.2 Å². The van der Waals surface area contributed by atoms with Gasteiger partial charge in [-0.25, -0.2) is 4.99 Å². The van der Waals surface area contributed by atoms with Crippen LogP contribution in [0.4, 0.5) is 0 Å². The predicted octanol–water partition coefficient (Wildman–Crippen LogP) is 2.01. The molecule has 6 nitrogen and oxygen atoms in total. The maximum Gasteiger partial charge on any atom is 0.262 e. The van der Waals surface area contributed by atoms with Gasteiger partial charge >= 0.3 is 0 Å². The molecular formula is C16H20BrN3O3. The van der Waals surface area contributed by atoms with Crippen molar-refractivity contribution in [2.24, 2.45) is 10.7 Å². The number of hydrogen-bond acceptors (Lipinski definition) is 5. The van der Waals surface area contributed by atoms with Crippen molar-refractivity contribution in [3.63, 3.8) is 0 Å². The minimum Gasteiger partial charge on any atom is -0.487 e. The van der Waals surface area contributed by atoms with E-state index in [0.717, 1.165) is 10.0 Å². The van der Waals surface area contributed by atoms with Crippen LogP contribution in [0.3, 0.4) is 0 Å². The Morgan fingerprint density at radius 3 is 2.91 bits per heavy atom. The quantitative estimate of drug-likeness (QED) is 0.868. The van der Waals surface area contributed by atoms with Crippen molar-refractivity contribution in [3.05, 3.63) is 28.2 Å². The lowest BCUT2D eigenvalue weighted by atomic mass is 9.77. The number of rotatable bonds is 3. The van der Waals surface area contributed by atoms with Gasteiger partial charge < -0.3 is 15.2 Å². The van der Waals surface area contributed by atoms with E-state index in [1.807, 2.05) is 32.0 Å². The monoisotopic (exact) mass is 381 g/mol. The first-order valence-corrected chi connectivity index (χ1v) is 8.24. The molecule has 1 aromatic carbocycles. The first kappa shape index (κ1) is 16.3. The van der Waals surface area contributed by atoms with Gasteiger partial charge in [0.15, 0.2) is 11.5 Å². The van der Waals surface area contributed by atoms with Gasteiger partial charge in [0.1, 0.15) is 11.4 Å². The zero-order valence-electron chi connectivity index (χ0n) is 13.4. The first-order valence-electron chi connectivity index (χ1n) is 7.44. The maximum absolute atomic E-state index is 13.2. The molecule has 2 aliphatic rings. The predicted molar refractivity (Wildman–Crippen MR) is 90.4 cm³/mol. The van der Waals surface area contributed by atoms with Crippen molar-refractivity contribution in [1.82, 2.24) is 4.90 Å². The lowest BCUT2D eigenvalue weighted by molar-refractivity contribution is -0.135. The molecular weight excluding hydrogens is 362 g/mol. The van der Waals surface area contributed by atoms with E-state index in [4.69, 9.17) is 15.2 Å². The van der Waals surface area contributed by atoms with Crippen molar-refractivity contribution in [2.45, 2.75) is 31.4 Å². The molecule has 3 rings (SSSR count). The molecule has 1 atom stereocenters. The van der Waals surface area contributed by atoms with Crippen molar-refractivity contribution in [3.8, 4) is 5.75 Å². The van der Waals surface area contributed by atoms with Gasteiger partial charge in [-0.05, 0) is 32.0 Å². The number of benzene rings is 1. The number of carbonyl (C=O) groups is 1. The summed E-state index contributed by atoms with van der Waals surface area (Å²) in [6, 6.07) is 5.64. The van der Waals surface area contributed by atoms with Gasteiger partial charge in [-0.1, -0.05) is 15.9 Å². The standard InChI is InChI=1S/C16H20BrN3O3/c1-15(2)9-16(11-8-10(17)4-5-12(11)23-15)13(21)20(6-7-22-3)14(18)19-16/h4-5,8H,6-7,9H2,1-3H3,(H2,18,19). The molecule has 7 heteroatoms. The molecule has 0 saturated carbocycles. The number of amides is 1. The van der Waals surface area contributed by atoms with Crippen LogP contribution in [-0.2, 0) is 15.1 Å². The SMILES string of the molecule is COCCN1C(=O)C2(CC(C)(C)Oc3ccc(Br)cc32)N=C1N. The van der Waals surface area contributed by atoms with E-state index in [9.17, 15) is 4.79 Å². The number of halogens is 1. The summed E-state index contributed by atoms with van der Waals surface area (Å²) in [5.74, 6) is 0.779. The Morgan fingerprint density at radius 2 is 2.22 bits per heavy atom. The number of carbonyl (C=O) groups excluding carboxylic acids is 1. The molecule has 2 N–H and O–H groups in total. The lowest BCUT2D eigenvalue weighted by Crippen LogP contribution is -2.50. The fourth-order valence-corrected chi connectivity index (χ4v) is 3.64. The molecule has 0 aromatic heterocycles. The van der Waals surface area contributed by atoms with Crippen LogP contribution >= 0.6 is 15.9 Å². The molecule has 0 fully saturated rings. The number of methoxy groups -OCH3 is 1. The Morgan fingerprint density at radius 1 is 1.48 bits per heavy atom. The van der Waals surface area contributed by atoms with Crippen LogP contribution in [-0.4, -0.2) is 42.6 Å². The van der Waals surface area contributed by atoms with Gasteiger partial charge in [0.2, 0.25) is 0 Å². The van der Waals surface area contributed by atoms with E-state index in [2.05, 4.69) is 20.9 Å². The Labute approximate surface area is 143 Å². The summed E-state index contributed by atoms with van der Waals surface area (Å²) >= 11 is 3.46. The smallest absolute Gasteiger partial charge is 0.262 e. The minimum absolute atomic E-state index is 0.122. The van der Waals surface area contributed by atoms with Gasteiger partial charge in [0.25, 0.3) is 5.91 Å². The highest BCUT2D eigenvalue weighted by atomic mass is 79.9. The highest BCUT2D eigenvalue weighted by molar-refractivity contribution is 9.10. The molecule has 2 aliphatic heterocycles. The van der Waals surface area contributed by atoms with E-state index in [1.54, 1.807) is 7.11 Å². The van der Waals surface area contributed by atoms with Crippen LogP contribution in [0.25, 0.3) is 0 Å². The summed E-state index contributed by atoms with van der Waals surface area (Å²) in [6.07, 6.45) is 0.437. The zero-order chi connectivity index (χ0) is 16.8. The molecule has 2 heterocycles. The highest BCUT2D eigenvalue weighted by Gasteiger charge is 2.56. The summed E-state index contributed by atoms with van der Waals surface area (Å²) in [7, 11) is 1.59. The summed E-state index contributed by atoms with van der Waals surface area (Å²) in [6.45, 7) is 4.70. The maximum atomic E-state index is 13.2. The second-order valence-corrected chi connectivity index (χ2v) is 7.37. The molecule has 0 saturated heterocycles. The minimum atomic E-state index is -1.03. The lowest BCUT2D eigenvalue weighted by Gasteiger charge is -2.41. The number of ether oxygens (including phenoxy) is 2. The number of aliphatic imine (C=N–C) groups is 1. The van der Waals surface area contributed by atoms with Crippen LogP contribution < -0.4 is 10.5 Å². The second kappa shape index (κ2) is 5.49. The fraction of sp³-hybridized carbons (Fsp3) is 0.500. The fourth-order valence-electron chi connectivity index (χ4n) is 3.28. The Balaban J connectivity index is 2.11. The van der Waals surface area contributed by atoms with Crippen molar-refractivity contribution < 1.29 is 14.3 Å². The normalized spacial score (nSPS) is 25.3. The topological polar surface area (TPSA) is 77.1 Å². The number of nitrogens with zero attached hydrogens (tertiary/aromatic N) is 2. The van der Waals surface area contributed by atoms with Crippen LogP contribution in [0.5, 0.6) is 5.75 Å². The molecule has 1 aromatic rings. The Kier molecular flexibility index (Phi) is 3.88. The summed E-state index contributed by atoms with van der Waals surface area (Å²) in [5.41, 5.74) is 5.25. The third-order valence-electron chi connectivity index (χ3n) is 4.15. The van der Waals surface area contributed by atoms with Crippen molar-refractivity contribution in [1.29, 1.82) is 0 Å². The van der Waals surface area contributed by atoms with Gasteiger partial charge in [-0.15, -0.1) is 0 Å².